The fourth-order valence-electron chi connectivity index (χ4n) is 3.35. The number of hydrogen-bond donors (Lipinski definition) is 0. The van der Waals surface area contributed by atoms with Crippen LogP contribution in [-0.4, -0.2) is 27.7 Å². The first-order chi connectivity index (χ1) is 13.2. The SMILES string of the molecule is CCc1ccc(Oc2ccnc3ccc(S(=O)C4CCOC4)cc23)c(C)c1. The van der Waals surface area contributed by atoms with Gasteiger partial charge in [-0.15, -0.1) is 0 Å². The van der Waals surface area contributed by atoms with Crippen molar-refractivity contribution in [3.8, 4) is 11.5 Å². The Morgan fingerprint density at radius 2 is 2.07 bits per heavy atom. The predicted molar refractivity (Wildman–Crippen MR) is 108 cm³/mol. The maximum atomic E-state index is 12.9. The normalized spacial score (nSPS) is 17.9. The average Bonchev–Trinajstić information content (AvgIpc) is 3.23. The largest absolute Gasteiger partial charge is 0.456 e. The number of nitrogens with zero attached hydrogens (tertiary/aromatic N) is 1. The van der Waals surface area contributed by atoms with Gasteiger partial charge >= 0.3 is 0 Å². The van der Waals surface area contributed by atoms with Crippen LogP contribution in [0.3, 0.4) is 0 Å². The highest BCUT2D eigenvalue weighted by molar-refractivity contribution is 7.85. The van der Waals surface area contributed by atoms with Crippen molar-refractivity contribution in [1.29, 1.82) is 0 Å². The van der Waals surface area contributed by atoms with Crippen LogP contribution in [0.5, 0.6) is 11.5 Å². The number of rotatable bonds is 5. The second-order valence-electron chi connectivity index (χ2n) is 6.83. The van der Waals surface area contributed by atoms with Gasteiger partial charge in [0.2, 0.25) is 0 Å². The van der Waals surface area contributed by atoms with E-state index in [1.165, 1.54) is 5.56 Å². The van der Waals surface area contributed by atoms with Gasteiger partial charge in [0.1, 0.15) is 11.5 Å². The molecule has 1 fully saturated rings. The van der Waals surface area contributed by atoms with E-state index >= 15 is 0 Å². The maximum absolute atomic E-state index is 12.9. The number of aromatic nitrogens is 1. The molecule has 0 radical (unpaired) electrons. The molecular formula is C22H23NO3S. The highest BCUT2D eigenvalue weighted by Gasteiger charge is 2.24. The molecule has 0 spiro atoms. The van der Waals surface area contributed by atoms with E-state index in [0.717, 1.165) is 45.7 Å². The molecule has 2 aromatic carbocycles. The maximum Gasteiger partial charge on any atom is 0.138 e. The molecule has 0 N–H and O–H groups in total. The first kappa shape index (κ1) is 18.1. The third-order valence-corrected chi connectivity index (χ3v) is 6.66. The van der Waals surface area contributed by atoms with Crippen molar-refractivity contribution in [2.45, 2.75) is 36.8 Å². The molecule has 0 amide bonds. The minimum Gasteiger partial charge on any atom is -0.456 e. The van der Waals surface area contributed by atoms with Crippen LogP contribution in [0.1, 0.15) is 24.5 Å². The Labute approximate surface area is 162 Å². The lowest BCUT2D eigenvalue weighted by molar-refractivity contribution is 0.199. The summed E-state index contributed by atoms with van der Waals surface area (Å²) in [5, 5.41) is 0.938. The van der Waals surface area contributed by atoms with Gasteiger partial charge in [0.15, 0.2) is 0 Å². The van der Waals surface area contributed by atoms with Crippen LogP contribution in [0.15, 0.2) is 53.6 Å². The molecule has 3 aromatic rings. The molecule has 2 heterocycles. The van der Waals surface area contributed by atoms with Gasteiger partial charge in [-0.25, -0.2) is 0 Å². The van der Waals surface area contributed by atoms with Crippen LogP contribution in [0.2, 0.25) is 0 Å². The Hall–Kier alpha value is -2.24. The number of ether oxygens (including phenoxy) is 2. The van der Waals surface area contributed by atoms with E-state index in [-0.39, 0.29) is 5.25 Å². The zero-order valence-electron chi connectivity index (χ0n) is 15.6. The Morgan fingerprint density at radius 1 is 1.19 bits per heavy atom. The van der Waals surface area contributed by atoms with Gasteiger partial charge in [-0.1, -0.05) is 19.1 Å². The summed E-state index contributed by atoms with van der Waals surface area (Å²) in [5.41, 5.74) is 3.22. The fraction of sp³-hybridized carbons (Fsp3) is 0.318. The van der Waals surface area contributed by atoms with E-state index in [0.29, 0.717) is 13.2 Å². The molecule has 1 aliphatic heterocycles. The van der Waals surface area contributed by atoms with E-state index in [9.17, 15) is 4.21 Å². The Balaban J connectivity index is 1.70. The van der Waals surface area contributed by atoms with E-state index in [1.807, 2.05) is 30.3 Å². The van der Waals surface area contributed by atoms with Gasteiger partial charge in [-0.3, -0.25) is 9.19 Å². The van der Waals surface area contributed by atoms with E-state index in [2.05, 4.69) is 31.0 Å². The second-order valence-corrected chi connectivity index (χ2v) is 8.56. The Morgan fingerprint density at radius 3 is 2.81 bits per heavy atom. The van der Waals surface area contributed by atoms with Gasteiger partial charge in [0.25, 0.3) is 0 Å². The Kier molecular flexibility index (Phi) is 5.23. The number of fused-ring (bicyclic) bond motifs is 1. The van der Waals surface area contributed by atoms with Gasteiger partial charge in [-0.2, -0.15) is 0 Å². The summed E-state index contributed by atoms with van der Waals surface area (Å²) in [5.74, 6) is 1.56. The number of benzene rings is 2. The van der Waals surface area contributed by atoms with Crippen molar-refractivity contribution in [3.05, 3.63) is 59.8 Å². The van der Waals surface area contributed by atoms with E-state index < -0.39 is 10.8 Å². The third-order valence-electron chi connectivity index (χ3n) is 4.96. The highest BCUT2D eigenvalue weighted by Crippen LogP contribution is 2.32. The number of pyridine rings is 1. The third kappa shape index (κ3) is 3.75. The molecule has 0 saturated carbocycles. The van der Waals surface area contributed by atoms with Crippen molar-refractivity contribution >= 4 is 21.7 Å². The molecule has 1 aromatic heterocycles. The molecule has 4 rings (SSSR count). The topological polar surface area (TPSA) is 48.4 Å². The molecule has 1 aliphatic rings. The smallest absolute Gasteiger partial charge is 0.138 e. The summed E-state index contributed by atoms with van der Waals surface area (Å²) in [6.07, 6.45) is 3.58. The van der Waals surface area contributed by atoms with Crippen molar-refractivity contribution in [2.75, 3.05) is 13.2 Å². The fourth-order valence-corrected chi connectivity index (χ4v) is 4.70. The van der Waals surface area contributed by atoms with Crippen LogP contribution in [0.25, 0.3) is 10.9 Å². The summed E-state index contributed by atoms with van der Waals surface area (Å²) < 4.78 is 24.5. The zero-order valence-corrected chi connectivity index (χ0v) is 16.4. The number of hydrogen-bond acceptors (Lipinski definition) is 4. The van der Waals surface area contributed by atoms with Crippen LogP contribution in [0, 0.1) is 6.92 Å². The molecule has 0 aliphatic carbocycles. The predicted octanol–water partition coefficient (Wildman–Crippen LogP) is 4.79. The van der Waals surface area contributed by atoms with Crippen molar-refractivity contribution in [2.24, 2.45) is 0 Å². The molecule has 0 bridgehead atoms. The lowest BCUT2D eigenvalue weighted by atomic mass is 10.1. The van der Waals surface area contributed by atoms with Crippen LogP contribution in [0.4, 0.5) is 0 Å². The first-order valence-corrected chi connectivity index (χ1v) is 10.5. The minimum absolute atomic E-state index is 0.0623. The van der Waals surface area contributed by atoms with Crippen LogP contribution < -0.4 is 4.74 Å². The average molecular weight is 381 g/mol. The monoisotopic (exact) mass is 381 g/mol. The van der Waals surface area contributed by atoms with Gasteiger partial charge < -0.3 is 9.47 Å². The summed E-state index contributed by atoms with van der Waals surface area (Å²) in [7, 11) is -1.09. The summed E-state index contributed by atoms with van der Waals surface area (Å²) in [6.45, 7) is 5.44. The zero-order chi connectivity index (χ0) is 18.8. The summed E-state index contributed by atoms with van der Waals surface area (Å²) in [6, 6.07) is 13.9. The minimum atomic E-state index is -1.09. The Bertz CT molecular complexity index is 996. The molecule has 4 nitrogen and oxygen atoms in total. The van der Waals surface area contributed by atoms with Crippen molar-refractivity contribution in [3.63, 3.8) is 0 Å². The quantitative estimate of drug-likeness (QED) is 0.637. The van der Waals surface area contributed by atoms with Crippen molar-refractivity contribution < 1.29 is 13.7 Å². The lowest BCUT2D eigenvalue weighted by Gasteiger charge is -2.13. The highest BCUT2D eigenvalue weighted by atomic mass is 32.2. The van der Waals surface area contributed by atoms with Crippen LogP contribution in [-0.2, 0) is 22.0 Å². The molecule has 140 valence electrons. The summed E-state index contributed by atoms with van der Waals surface area (Å²) in [4.78, 5) is 5.23. The summed E-state index contributed by atoms with van der Waals surface area (Å²) >= 11 is 0. The molecule has 2 unspecified atom stereocenters. The lowest BCUT2D eigenvalue weighted by Crippen LogP contribution is -2.14. The van der Waals surface area contributed by atoms with Crippen LogP contribution >= 0.6 is 0 Å². The molecule has 27 heavy (non-hydrogen) atoms. The van der Waals surface area contributed by atoms with Gasteiger partial charge in [0, 0.05) is 23.1 Å². The van der Waals surface area contributed by atoms with Crippen molar-refractivity contribution in [1.82, 2.24) is 4.98 Å². The molecule has 1 saturated heterocycles. The standard InChI is InChI=1S/C22H23NO3S/c1-3-16-4-7-21(15(2)12-16)26-22-8-10-23-20-6-5-17(13-19(20)22)27(24)18-9-11-25-14-18/h4-8,10,12-13,18H,3,9,11,14H2,1-2H3. The first-order valence-electron chi connectivity index (χ1n) is 9.30. The molecular weight excluding hydrogens is 358 g/mol. The van der Waals surface area contributed by atoms with Gasteiger partial charge in [0.05, 0.1) is 28.2 Å². The molecule has 5 heteroatoms. The van der Waals surface area contributed by atoms with Gasteiger partial charge in [-0.05, 0) is 61.2 Å². The number of aryl methyl sites for hydroxylation is 2. The van der Waals surface area contributed by atoms with E-state index in [1.54, 1.807) is 6.20 Å². The second kappa shape index (κ2) is 7.79. The van der Waals surface area contributed by atoms with E-state index in [4.69, 9.17) is 9.47 Å². The molecule has 2 atom stereocenters.